The second-order valence-electron chi connectivity index (χ2n) is 8.61. The number of hydrogen-bond acceptors (Lipinski definition) is 6. The predicted octanol–water partition coefficient (Wildman–Crippen LogP) is 3.45. The molecule has 32 heavy (non-hydrogen) atoms. The van der Waals surface area contributed by atoms with Crippen LogP contribution in [0.15, 0.2) is 42.5 Å². The van der Waals surface area contributed by atoms with Gasteiger partial charge in [0, 0.05) is 43.7 Å². The molecule has 1 aliphatic heterocycles. The molecule has 7 nitrogen and oxygen atoms in total. The van der Waals surface area contributed by atoms with Crippen LogP contribution in [-0.4, -0.2) is 52.7 Å². The summed E-state index contributed by atoms with van der Waals surface area (Å²) in [6.07, 6.45) is -0.0250. The molecule has 0 saturated carbocycles. The highest BCUT2D eigenvalue weighted by Gasteiger charge is 2.25. The first kappa shape index (κ1) is 21.7. The van der Waals surface area contributed by atoms with E-state index in [1.165, 1.54) is 10.9 Å². The lowest BCUT2D eigenvalue weighted by Gasteiger charge is -2.35. The summed E-state index contributed by atoms with van der Waals surface area (Å²) in [6.45, 7) is 8.11. The Balaban J connectivity index is 1.55. The van der Waals surface area contributed by atoms with Gasteiger partial charge in [-0.3, -0.25) is 9.59 Å². The van der Waals surface area contributed by atoms with Gasteiger partial charge in [-0.15, -0.1) is 0 Å². The molecule has 0 radical (unpaired) electrons. The van der Waals surface area contributed by atoms with Gasteiger partial charge in [0.2, 0.25) is 11.9 Å². The Bertz CT molecular complexity index is 1170. The number of aryl methyl sites for hydroxylation is 1. The highest BCUT2D eigenvalue weighted by Crippen LogP contribution is 2.31. The van der Waals surface area contributed by atoms with E-state index >= 15 is 0 Å². The third kappa shape index (κ3) is 4.42. The number of anilines is 2. The van der Waals surface area contributed by atoms with Gasteiger partial charge in [0.25, 0.3) is 0 Å². The Morgan fingerprint density at radius 3 is 2.38 bits per heavy atom. The number of hydrogen-bond donors (Lipinski definition) is 1. The van der Waals surface area contributed by atoms with Crippen molar-refractivity contribution in [3.8, 4) is 11.3 Å². The average molecular weight is 432 g/mol. The van der Waals surface area contributed by atoms with E-state index in [-0.39, 0.29) is 30.0 Å². The van der Waals surface area contributed by atoms with Crippen molar-refractivity contribution in [1.82, 2.24) is 14.9 Å². The molecule has 1 amide bonds. The number of carbonyl (C=O) groups excluding carboxylic acids is 2. The number of nitrogen functional groups attached to an aromatic ring is 1. The Morgan fingerprint density at radius 1 is 1.00 bits per heavy atom. The number of piperazine rings is 1. The molecular formula is C25H29N5O2. The molecule has 166 valence electrons. The number of nitrogens with zero attached hydrogens (tertiary/aromatic N) is 4. The van der Waals surface area contributed by atoms with Gasteiger partial charge in [-0.2, -0.15) is 4.98 Å². The first-order chi connectivity index (χ1) is 15.3. The molecule has 1 saturated heterocycles. The quantitative estimate of drug-likeness (QED) is 0.622. The normalized spacial score (nSPS) is 14.2. The van der Waals surface area contributed by atoms with Gasteiger partial charge in [0.15, 0.2) is 0 Å². The molecule has 2 heterocycles. The van der Waals surface area contributed by atoms with Gasteiger partial charge in [-0.05, 0) is 23.3 Å². The molecule has 2 aromatic carbocycles. The van der Waals surface area contributed by atoms with Crippen LogP contribution in [0.3, 0.4) is 0 Å². The van der Waals surface area contributed by atoms with Crippen molar-refractivity contribution in [2.45, 2.75) is 27.2 Å². The van der Waals surface area contributed by atoms with E-state index in [1.54, 1.807) is 4.90 Å². The fourth-order valence-corrected chi connectivity index (χ4v) is 4.08. The fourth-order valence-electron chi connectivity index (χ4n) is 4.08. The summed E-state index contributed by atoms with van der Waals surface area (Å²) in [5, 5.41) is 2.31. The number of aromatic nitrogens is 2. The lowest BCUT2D eigenvalue weighted by atomic mass is 9.98. The smallest absolute Gasteiger partial charge is 0.230 e. The second kappa shape index (κ2) is 8.94. The zero-order valence-electron chi connectivity index (χ0n) is 18.8. The van der Waals surface area contributed by atoms with Crippen LogP contribution in [-0.2, 0) is 9.59 Å². The molecule has 3 aromatic rings. The number of rotatable bonds is 5. The van der Waals surface area contributed by atoms with Crippen molar-refractivity contribution in [3.63, 3.8) is 0 Å². The summed E-state index contributed by atoms with van der Waals surface area (Å²) < 4.78 is 0. The van der Waals surface area contributed by atoms with E-state index in [0.29, 0.717) is 26.2 Å². The van der Waals surface area contributed by atoms with E-state index in [4.69, 9.17) is 5.73 Å². The maximum atomic E-state index is 12.4. The maximum Gasteiger partial charge on any atom is 0.230 e. The van der Waals surface area contributed by atoms with E-state index in [0.717, 1.165) is 22.5 Å². The predicted molar refractivity (Wildman–Crippen MR) is 127 cm³/mol. The summed E-state index contributed by atoms with van der Waals surface area (Å²) >= 11 is 0. The van der Waals surface area contributed by atoms with Crippen LogP contribution >= 0.6 is 0 Å². The zero-order valence-corrected chi connectivity index (χ0v) is 18.8. The van der Waals surface area contributed by atoms with Crippen molar-refractivity contribution in [2.75, 3.05) is 36.8 Å². The molecule has 1 aliphatic rings. The monoisotopic (exact) mass is 431 g/mol. The minimum Gasteiger partial charge on any atom is -0.368 e. The number of amides is 1. The van der Waals surface area contributed by atoms with Crippen LogP contribution in [0.1, 0.15) is 25.8 Å². The van der Waals surface area contributed by atoms with Gasteiger partial charge >= 0.3 is 0 Å². The molecule has 0 atom stereocenters. The van der Waals surface area contributed by atoms with Crippen molar-refractivity contribution >= 4 is 34.2 Å². The van der Waals surface area contributed by atoms with Crippen molar-refractivity contribution in [1.29, 1.82) is 0 Å². The lowest BCUT2D eigenvalue weighted by molar-refractivity contribution is -0.136. The number of Topliss-reactive ketones (excluding diaryl/α,β-unsaturated/α-hetero) is 1. The molecule has 0 bridgehead atoms. The topological polar surface area (TPSA) is 92.4 Å². The Hall–Kier alpha value is -3.48. The van der Waals surface area contributed by atoms with Crippen LogP contribution < -0.4 is 10.6 Å². The average Bonchev–Trinajstić information content (AvgIpc) is 2.79. The third-order valence-corrected chi connectivity index (χ3v) is 6.07. The van der Waals surface area contributed by atoms with Crippen LogP contribution in [0.25, 0.3) is 22.0 Å². The number of carbonyl (C=O) groups is 2. The largest absolute Gasteiger partial charge is 0.368 e. The van der Waals surface area contributed by atoms with Crippen molar-refractivity contribution in [3.05, 3.63) is 48.0 Å². The number of ketones is 1. The first-order valence-electron chi connectivity index (χ1n) is 11.0. The molecule has 1 aromatic heterocycles. The van der Waals surface area contributed by atoms with Crippen LogP contribution in [0, 0.1) is 12.8 Å². The Morgan fingerprint density at radius 2 is 1.69 bits per heavy atom. The molecule has 0 unspecified atom stereocenters. The Kier molecular flexibility index (Phi) is 6.08. The molecule has 0 spiro atoms. The van der Waals surface area contributed by atoms with Crippen LogP contribution in [0.2, 0.25) is 0 Å². The molecule has 0 aliphatic carbocycles. The minimum absolute atomic E-state index is 0.0176. The van der Waals surface area contributed by atoms with E-state index in [9.17, 15) is 9.59 Å². The fraction of sp³-hybridized carbons (Fsp3) is 0.360. The maximum absolute atomic E-state index is 12.4. The van der Waals surface area contributed by atoms with Gasteiger partial charge in [-0.1, -0.05) is 50.2 Å². The number of fused-ring (bicyclic) bond motifs is 1. The molecule has 7 heteroatoms. The standard InChI is InChI=1S/C25H29N5O2/c1-16(2)22(31)15-24(32)30-12-10-29(11-13-30)23-14-21(27-25(26)28-23)20-9-8-17(3)18-6-4-5-7-19(18)20/h4-9,14,16H,10-13,15H2,1-3H3,(H2,26,27,28). The second-order valence-corrected chi connectivity index (χ2v) is 8.61. The van der Waals surface area contributed by atoms with Gasteiger partial charge in [-0.25, -0.2) is 4.98 Å². The molecule has 4 rings (SSSR count). The summed E-state index contributed by atoms with van der Waals surface area (Å²) in [5.41, 5.74) is 9.09. The Labute approximate surface area is 188 Å². The highest BCUT2D eigenvalue weighted by molar-refractivity contribution is 5.99. The summed E-state index contributed by atoms with van der Waals surface area (Å²) in [4.78, 5) is 37.2. The van der Waals surface area contributed by atoms with Gasteiger partial charge in [0.05, 0.1) is 12.1 Å². The first-order valence-corrected chi connectivity index (χ1v) is 11.0. The number of nitrogens with two attached hydrogens (primary N) is 1. The zero-order chi connectivity index (χ0) is 22.8. The van der Waals surface area contributed by atoms with Crippen LogP contribution in [0.5, 0.6) is 0 Å². The molecular weight excluding hydrogens is 402 g/mol. The SMILES string of the molecule is Cc1ccc(-c2cc(N3CCN(C(=O)CC(=O)C(C)C)CC3)nc(N)n2)c2ccccc12. The number of benzene rings is 2. The van der Waals surface area contributed by atoms with Gasteiger partial charge in [0.1, 0.15) is 11.6 Å². The van der Waals surface area contributed by atoms with Gasteiger partial charge < -0.3 is 15.5 Å². The molecule has 2 N–H and O–H groups in total. The summed E-state index contributed by atoms with van der Waals surface area (Å²) in [5.74, 6) is 0.736. The van der Waals surface area contributed by atoms with E-state index < -0.39 is 0 Å². The highest BCUT2D eigenvalue weighted by atomic mass is 16.2. The molecule has 1 fully saturated rings. The summed E-state index contributed by atoms with van der Waals surface area (Å²) in [6, 6.07) is 14.4. The van der Waals surface area contributed by atoms with Crippen molar-refractivity contribution < 1.29 is 9.59 Å². The lowest BCUT2D eigenvalue weighted by Crippen LogP contribution is -2.49. The minimum atomic E-state index is -0.125. The van der Waals surface area contributed by atoms with Crippen molar-refractivity contribution in [2.24, 2.45) is 5.92 Å². The third-order valence-electron chi connectivity index (χ3n) is 6.07. The van der Waals surface area contributed by atoms with Crippen LogP contribution in [0.4, 0.5) is 11.8 Å². The van der Waals surface area contributed by atoms with E-state index in [1.807, 2.05) is 32.0 Å². The summed E-state index contributed by atoms with van der Waals surface area (Å²) in [7, 11) is 0. The van der Waals surface area contributed by atoms with E-state index in [2.05, 4.69) is 46.1 Å².